The fourth-order valence-corrected chi connectivity index (χ4v) is 1.65. The van der Waals surface area contributed by atoms with Gasteiger partial charge in [0.2, 0.25) is 5.90 Å². The first-order valence-corrected chi connectivity index (χ1v) is 5.68. The maximum absolute atomic E-state index is 5.58. The van der Waals surface area contributed by atoms with E-state index in [1.807, 2.05) is 42.0 Å². The molecule has 14 heavy (non-hydrogen) atoms. The van der Waals surface area contributed by atoms with Gasteiger partial charge in [-0.2, -0.15) is 0 Å². The zero-order valence-electron chi connectivity index (χ0n) is 7.93. The van der Waals surface area contributed by atoms with Gasteiger partial charge in [-0.3, -0.25) is 0 Å². The lowest BCUT2D eigenvalue weighted by Crippen LogP contribution is -1.99. The first-order valence-electron chi connectivity index (χ1n) is 4.39. The van der Waals surface area contributed by atoms with Crippen molar-refractivity contribution in [2.75, 3.05) is 12.8 Å². The van der Waals surface area contributed by atoms with Gasteiger partial charge in [0.1, 0.15) is 12.3 Å². The molecule has 0 N–H and O–H groups in total. The number of hydrogen-bond donors (Lipinski definition) is 0. The monoisotopic (exact) mass is 205 g/mol. The van der Waals surface area contributed by atoms with Crippen molar-refractivity contribution >= 4 is 17.7 Å². The van der Waals surface area contributed by atoms with E-state index in [1.165, 1.54) is 0 Å². The number of rotatable bonds is 2. The highest BCUT2D eigenvalue weighted by Crippen LogP contribution is 2.16. The Balaban J connectivity index is 2.13. The third kappa shape index (κ3) is 1.99. The van der Waals surface area contributed by atoms with Gasteiger partial charge in [0.25, 0.3) is 0 Å². The van der Waals surface area contributed by atoms with E-state index in [1.54, 1.807) is 11.8 Å². The van der Waals surface area contributed by atoms with Crippen molar-refractivity contribution in [2.45, 2.75) is 0 Å². The van der Waals surface area contributed by atoms with Gasteiger partial charge in [-0.05, 0) is 18.4 Å². The summed E-state index contributed by atoms with van der Waals surface area (Å²) in [5.41, 5.74) is 1.04. The van der Waals surface area contributed by atoms with Gasteiger partial charge in [0.15, 0.2) is 0 Å². The molecule has 0 spiro atoms. The SMILES string of the molecule is CSC=C1CN=C(c2ccccc2)O1. The second-order valence-corrected chi connectivity index (χ2v) is 3.62. The second-order valence-electron chi connectivity index (χ2n) is 2.91. The Morgan fingerprint density at radius 2 is 2.14 bits per heavy atom. The molecule has 0 bridgehead atoms. The minimum Gasteiger partial charge on any atom is -0.441 e. The maximum atomic E-state index is 5.58. The van der Waals surface area contributed by atoms with Crippen LogP contribution in [0.4, 0.5) is 0 Å². The molecule has 0 atom stereocenters. The number of benzene rings is 1. The van der Waals surface area contributed by atoms with Crippen molar-refractivity contribution in [3.8, 4) is 0 Å². The highest BCUT2D eigenvalue weighted by Gasteiger charge is 2.13. The summed E-state index contributed by atoms with van der Waals surface area (Å²) in [6, 6.07) is 9.95. The fourth-order valence-electron chi connectivity index (χ4n) is 1.26. The van der Waals surface area contributed by atoms with Crippen molar-refractivity contribution in [3.05, 3.63) is 47.1 Å². The van der Waals surface area contributed by atoms with Crippen LogP contribution in [0.2, 0.25) is 0 Å². The van der Waals surface area contributed by atoms with Crippen LogP contribution in [0.1, 0.15) is 5.56 Å². The van der Waals surface area contributed by atoms with E-state index in [4.69, 9.17) is 4.74 Å². The largest absolute Gasteiger partial charge is 0.441 e. The molecular weight excluding hydrogens is 194 g/mol. The molecule has 0 saturated carbocycles. The molecule has 0 fully saturated rings. The van der Waals surface area contributed by atoms with Gasteiger partial charge in [-0.1, -0.05) is 18.2 Å². The molecule has 1 aromatic rings. The number of thioether (sulfide) groups is 1. The van der Waals surface area contributed by atoms with Crippen LogP contribution in [-0.2, 0) is 4.74 Å². The molecule has 1 aliphatic heterocycles. The summed E-state index contributed by atoms with van der Waals surface area (Å²) < 4.78 is 5.58. The highest BCUT2D eigenvalue weighted by molar-refractivity contribution is 8.01. The van der Waals surface area contributed by atoms with Crippen molar-refractivity contribution in [1.29, 1.82) is 0 Å². The second kappa shape index (κ2) is 4.33. The summed E-state index contributed by atoms with van der Waals surface area (Å²) in [5.74, 6) is 1.65. The zero-order chi connectivity index (χ0) is 9.80. The van der Waals surface area contributed by atoms with Crippen LogP contribution in [0.15, 0.2) is 46.5 Å². The van der Waals surface area contributed by atoms with Crippen LogP contribution in [0, 0.1) is 0 Å². The van der Waals surface area contributed by atoms with Crippen LogP contribution < -0.4 is 0 Å². The normalized spacial score (nSPS) is 18.1. The third-order valence-electron chi connectivity index (χ3n) is 1.88. The number of aliphatic imine (C=N–C) groups is 1. The molecule has 2 nitrogen and oxygen atoms in total. The Hall–Kier alpha value is -1.22. The Bertz CT molecular complexity index is 370. The summed E-state index contributed by atoms with van der Waals surface area (Å²) in [6.07, 6.45) is 2.01. The first-order chi connectivity index (χ1) is 6.90. The Morgan fingerprint density at radius 3 is 2.86 bits per heavy atom. The van der Waals surface area contributed by atoms with E-state index in [0.29, 0.717) is 6.54 Å². The van der Waals surface area contributed by atoms with Crippen molar-refractivity contribution < 1.29 is 4.74 Å². The molecule has 3 heteroatoms. The van der Waals surface area contributed by atoms with Gasteiger partial charge in [-0.15, -0.1) is 11.8 Å². The fraction of sp³-hybridized carbons (Fsp3) is 0.182. The predicted octanol–water partition coefficient (Wildman–Crippen LogP) is 2.67. The van der Waals surface area contributed by atoms with E-state index < -0.39 is 0 Å². The Morgan fingerprint density at radius 1 is 1.36 bits per heavy atom. The molecule has 0 unspecified atom stereocenters. The summed E-state index contributed by atoms with van der Waals surface area (Å²) in [6.45, 7) is 0.658. The number of hydrogen-bond acceptors (Lipinski definition) is 3. The quantitative estimate of drug-likeness (QED) is 0.740. The summed E-state index contributed by atoms with van der Waals surface area (Å²) in [4.78, 5) is 4.32. The van der Waals surface area contributed by atoms with Crippen molar-refractivity contribution in [3.63, 3.8) is 0 Å². The topological polar surface area (TPSA) is 21.6 Å². The lowest BCUT2D eigenvalue weighted by Gasteiger charge is -2.01. The van der Waals surface area contributed by atoms with E-state index in [2.05, 4.69) is 4.99 Å². The number of nitrogens with zero attached hydrogens (tertiary/aromatic N) is 1. The zero-order valence-corrected chi connectivity index (χ0v) is 8.75. The van der Waals surface area contributed by atoms with E-state index >= 15 is 0 Å². The Kier molecular flexibility index (Phi) is 2.89. The molecule has 1 heterocycles. The third-order valence-corrected chi connectivity index (χ3v) is 2.37. The highest BCUT2D eigenvalue weighted by atomic mass is 32.2. The summed E-state index contributed by atoms with van der Waals surface area (Å²) in [5, 5.41) is 1.99. The lowest BCUT2D eigenvalue weighted by atomic mass is 10.2. The first kappa shape index (κ1) is 9.34. The van der Waals surface area contributed by atoms with Crippen LogP contribution in [0.25, 0.3) is 0 Å². The Labute approximate surface area is 87.7 Å². The van der Waals surface area contributed by atoms with Gasteiger partial charge >= 0.3 is 0 Å². The molecule has 2 rings (SSSR count). The molecule has 0 amide bonds. The minimum absolute atomic E-state index is 0.658. The van der Waals surface area contributed by atoms with Gasteiger partial charge < -0.3 is 4.74 Å². The van der Waals surface area contributed by atoms with Gasteiger partial charge in [0, 0.05) is 11.0 Å². The average molecular weight is 205 g/mol. The molecule has 0 aromatic heterocycles. The van der Waals surface area contributed by atoms with Crippen LogP contribution in [-0.4, -0.2) is 18.7 Å². The van der Waals surface area contributed by atoms with Crippen LogP contribution in [0.5, 0.6) is 0 Å². The molecule has 72 valence electrons. The molecule has 0 aliphatic carbocycles. The molecular formula is C11H11NOS. The maximum Gasteiger partial charge on any atom is 0.222 e. The minimum atomic E-state index is 0.658. The molecule has 0 radical (unpaired) electrons. The van der Waals surface area contributed by atoms with Gasteiger partial charge in [0.05, 0.1) is 0 Å². The summed E-state index contributed by atoms with van der Waals surface area (Å²) >= 11 is 1.64. The van der Waals surface area contributed by atoms with E-state index in [9.17, 15) is 0 Å². The number of ether oxygens (including phenoxy) is 1. The predicted molar refractivity (Wildman–Crippen MR) is 60.5 cm³/mol. The average Bonchev–Trinajstić information content (AvgIpc) is 2.68. The van der Waals surface area contributed by atoms with E-state index in [0.717, 1.165) is 17.2 Å². The standard InChI is InChI=1S/C11H11NOS/c1-14-8-10-7-12-11(13-10)9-5-3-2-4-6-9/h2-6,8H,7H2,1H3. The van der Waals surface area contributed by atoms with Gasteiger partial charge in [-0.25, -0.2) is 4.99 Å². The summed E-state index contributed by atoms with van der Waals surface area (Å²) in [7, 11) is 0. The van der Waals surface area contributed by atoms with Crippen LogP contribution in [0.3, 0.4) is 0 Å². The van der Waals surface area contributed by atoms with Crippen molar-refractivity contribution in [2.24, 2.45) is 4.99 Å². The smallest absolute Gasteiger partial charge is 0.222 e. The van der Waals surface area contributed by atoms with Crippen LogP contribution >= 0.6 is 11.8 Å². The molecule has 0 saturated heterocycles. The molecule has 1 aromatic carbocycles. The van der Waals surface area contributed by atoms with E-state index in [-0.39, 0.29) is 0 Å². The lowest BCUT2D eigenvalue weighted by molar-refractivity contribution is 0.441. The van der Waals surface area contributed by atoms with Crippen molar-refractivity contribution in [1.82, 2.24) is 0 Å². The molecule has 1 aliphatic rings.